The minimum atomic E-state index is -0.467. The number of amides is 1. The second-order valence-electron chi connectivity index (χ2n) is 4.94. The molecular weight excluding hydrogens is 242 g/mol. The predicted molar refractivity (Wildman–Crippen MR) is 75.2 cm³/mol. The summed E-state index contributed by atoms with van der Waals surface area (Å²) in [5.41, 5.74) is 1.88. The maximum absolute atomic E-state index is 11.4. The third-order valence-electron chi connectivity index (χ3n) is 2.97. The molecule has 4 heteroatoms. The SMILES string of the molecule is Cc1cc([C@H](C)O)ccc1OCCCC(=O)N(C)C. The molecule has 19 heavy (non-hydrogen) atoms. The third-order valence-corrected chi connectivity index (χ3v) is 2.97. The number of rotatable bonds is 6. The lowest BCUT2D eigenvalue weighted by atomic mass is 10.1. The fourth-order valence-corrected chi connectivity index (χ4v) is 1.72. The van der Waals surface area contributed by atoms with Crippen molar-refractivity contribution in [1.82, 2.24) is 4.90 Å². The summed E-state index contributed by atoms with van der Waals surface area (Å²) < 4.78 is 5.65. The summed E-state index contributed by atoms with van der Waals surface area (Å²) in [6.45, 7) is 4.21. The molecule has 4 nitrogen and oxygen atoms in total. The van der Waals surface area contributed by atoms with Gasteiger partial charge in [0, 0.05) is 20.5 Å². The first-order valence-corrected chi connectivity index (χ1v) is 6.53. The average Bonchev–Trinajstić information content (AvgIpc) is 2.35. The van der Waals surface area contributed by atoms with Crippen LogP contribution in [0.1, 0.15) is 37.0 Å². The van der Waals surface area contributed by atoms with Gasteiger partial charge in [0.05, 0.1) is 12.7 Å². The van der Waals surface area contributed by atoms with Crippen LogP contribution in [0.25, 0.3) is 0 Å². The predicted octanol–water partition coefficient (Wildman–Crippen LogP) is 2.30. The maximum Gasteiger partial charge on any atom is 0.222 e. The summed E-state index contributed by atoms with van der Waals surface area (Å²) in [5.74, 6) is 0.923. The number of aliphatic hydroxyl groups is 1. The third kappa shape index (κ3) is 4.91. The van der Waals surface area contributed by atoms with E-state index in [2.05, 4.69) is 0 Å². The van der Waals surface area contributed by atoms with E-state index in [-0.39, 0.29) is 5.91 Å². The number of ether oxygens (including phenoxy) is 1. The highest BCUT2D eigenvalue weighted by Crippen LogP contribution is 2.22. The molecule has 0 saturated carbocycles. The zero-order chi connectivity index (χ0) is 14.4. The van der Waals surface area contributed by atoms with E-state index < -0.39 is 6.10 Å². The molecule has 1 rings (SSSR count). The fraction of sp³-hybridized carbons (Fsp3) is 0.533. The van der Waals surface area contributed by atoms with Crippen LogP contribution in [0.3, 0.4) is 0 Å². The van der Waals surface area contributed by atoms with Gasteiger partial charge in [0.1, 0.15) is 5.75 Å². The van der Waals surface area contributed by atoms with Gasteiger partial charge in [-0.2, -0.15) is 0 Å². The lowest BCUT2D eigenvalue weighted by Crippen LogP contribution is -2.21. The Hall–Kier alpha value is -1.55. The van der Waals surface area contributed by atoms with E-state index in [1.54, 1.807) is 25.9 Å². The molecule has 0 aliphatic heterocycles. The van der Waals surface area contributed by atoms with Crippen molar-refractivity contribution in [2.75, 3.05) is 20.7 Å². The van der Waals surface area contributed by atoms with Gasteiger partial charge in [0.2, 0.25) is 5.91 Å². The van der Waals surface area contributed by atoms with E-state index in [1.807, 2.05) is 25.1 Å². The monoisotopic (exact) mass is 265 g/mol. The van der Waals surface area contributed by atoms with E-state index in [4.69, 9.17) is 4.74 Å². The number of carbonyl (C=O) groups is 1. The number of hydrogen-bond acceptors (Lipinski definition) is 3. The van der Waals surface area contributed by atoms with Crippen molar-refractivity contribution < 1.29 is 14.6 Å². The maximum atomic E-state index is 11.4. The van der Waals surface area contributed by atoms with Crippen LogP contribution >= 0.6 is 0 Å². The molecule has 0 aliphatic rings. The molecule has 1 aromatic rings. The van der Waals surface area contributed by atoms with Crippen LogP contribution < -0.4 is 4.74 Å². The Labute approximate surface area is 115 Å². The number of nitrogens with zero attached hydrogens (tertiary/aromatic N) is 1. The summed E-state index contributed by atoms with van der Waals surface area (Å²) in [4.78, 5) is 13.0. The van der Waals surface area contributed by atoms with Crippen molar-refractivity contribution in [1.29, 1.82) is 0 Å². The normalized spacial score (nSPS) is 12.1. The van der Waals surface area contributed by atoms with Gasteiger partial charge in [-0.3, -0.25) is 4.79 Å². The van der Waals surface area contributed by atoms with Gasteiger partial charge >= 0.3 is 0 Å². The molecule has 1 N–H and O–H groups in total. The van der Waals surface area contributed by atoms with Crippen LogP contribution in [0.2, 0.25) is 0 Å². The smallest absolute Gasteiger partial charge is 0.222 e. The van der Waals surface area contributed by atoms with Gasteiger partial charge in [-0.25, -0.2) is 0 Å². The Kier molecular flexibility index (Phi) is 5.83. The molecule has 0 aromatic heterocycles. The number of carbonyl (C=O) groups excluding carboxylic acids is 1. The summed E-state index contributed by atoms with van der Waals surface area (Å²) >= 11 is 0. The molecule has 0 saturated heterocycles. The molecule has 1 atom stereocenters. The quantitative estimate of drug-likeness (QED) is 0.803. The second kappa shape index (κ2) is 7.14. The van der Waals surface area contributed by atoms with Crippen molar-refractivity contribution in [3.8, 4) is 5.75 Å². The van der Waals surface area contributed by atoms with Crippen LogP contribution in [-0.2, 0) is 4.79 Å². The molecule has 0 spiro atoms. The zero-order valence-electron chi connectivity index (χ0n) is 12.1. The molecule has 0 bridgehead atoms. The van der Waals surface area contributed by atoms with Gasteiger partial charge in [-0.1, -0.05) is 6.07 Å². The molecular formula is C15H23NO3. The average molecular weight is 265 g/mol. The first-order chi connectivity index (χ1) is 8.91. The van der Waals surface area contributed by atoms with Crippen LogP contribution in [0.5, 0.6) is 5.75 Å². The Morgan fingerprint density at radius 2 is 2.11 bits per heavy atom. The Bertz CT molecular complexity index is 427. The number of benzene rings is 1. The lowest BCUT2D eigenvalue weighted by Gasteiger charge is -2.13. The van der Waals surface area contributed by atoms with Crippen molar-refractivity contribution in [2.45, 2.75) is 32.8 Å². The second-order valence-corrected chi connectivity index (χ2v) is 4.94. The van der Waals surface area contributed by atoms with Gasteiger partial charge in [0.25, 0.3) is 0 Å². The zero-order valence-corrected chi connectivity index (χ0v) is 12.1. The molecule has 0 unspecified atom stereocenters. The van der Waals surface area contributed by atoms with Crippen LogP contribution in [-0.4, -0.2) is 36.6 Å². The number of hydrogen-bond donors (Lipinski definition) is 1. The Balaban J connectivity index is 2.44. The molecule has 0 fully saturated rings. The van der Waals surface area contributed by atoms with Gasteiger partial charge in [-0.05, 0) is 43.5 Å². The van der Waals surface area contributed by atoms with Gasteiger partial charge in [-0.15, -0.1) is 0 Å². The highest BCUT2D eigenvalue weighted by atomic mass is 16.5. The van der Waals surface area contributed by atoms with E-state index in [0.29, 0.717) is 19.4 Å². The molecule has 1 aromatic carbocycles. The van der Waals surface area contributed by atoms with E-state index in [9.17, 15) is 9.90 Å². The molecule has 0 aliphatic carbocycles. The highest BCUT2D eigenvalue weighted by molar-refractivity contribution is 5.75. The van der Waals surface area contributed by atoms with E-state index >= 15 is 0 Å². The molecule has 1 amide bonds. The van der Waals surface area contributed by atoms with Crippen LogP contribution in [0.15, 0.2) is 18.2 Å². The van der Waals surface area contributed by atoms with Crippen molar-refractivity contribution in [3.63, 3.8) is 0 Å². The van der Waals surface area contributed by atoms with Crippen molar-refractivity contribution in [2.24, 2.45) is 0 Å². The highest BCUT2D eigenvalue weighted by Gasteiger charge is 2.06. The fourth-order valence-electron chi connectivity index (χ4n) is 1.72. The summed E-state index contributed by atoms with van der Waals surface area (Å²) in [7, 11) is 3.50. The largest absolute Gasteiger partial charge is 0.493 e. The van der Waals surface area contributed by atoms with Gasteiger partial charge < -0.3 is 14.7 Å². The lowest BCUT2D eigenvalue weighted by molar-refractivity contribution is -0.128. The number of aliphatic hydroxyl groups excluding tert-OH is 1. The number of aryl methyl sites for hydroxylation is 1. The van der Waals surface area contributed by atoms with E-state index in [1.165, 1.54) is 0 Å². The van der Waals surface area contributed by atoms with Crippen LogP contribution in [0.4, 0.5) is 0 Å². The summed E-state index contributed by atoms with van der Waals surface area (Å²) in [6, 6.07) is 5.65. The minimum absolute atomic E-state index is 0.116. The topological polar surface area (TPSA) is 49.8 Å². The summed E-state index contributed by atoms with van der Waals surface area (Å²) in [6.07, 6.45) is 0.734. The summed E-state index contributed by atoms with van der Waals surface area (Å²) in [5, 5.41) is 9.48. The molecule has 106 valence electrons. The molecule has 0 radical (unpaired) electrons. The van der Waals surface area contributed by atoms with Crippen LogP contribution in [0, 0.1) is 6.92 Å². The van der Waals surface area contributed by atoms with Gasteiger partial charge in [0.15, 0.2) is 0 Å². The minimum Gasteiger partial charge on any atom is -0.493 e. The first-order valence-electron chi connectivity index (χ1n) is 6.53. The molecule has 0 heterocycles. The Morgan fingerprint density at radius 1 is 1.42 bits per heavy atom. The van der Waals surface area contributed by atoms with Crippen molar-refractivity contribution >= 4 is 5.91 Å². The van der Waals surface area contributed by atoms with E-state index in [0.717, 1.165) is 16.9 Å². The standard InChI is InChI=1S/C15H23NO3/c1-11-10-13(12(2)17)7-8-14(11)19-9-5-6-15(18)16(3)4/h7-8,10,12,17H,5-6,9H2,1-4H3/t12-/m0/s1. The first kappa shape index (κ1) is 15.5. The van der Waals surface area contributed by atoms with Crippen molar-refractivity contribution in [3.05, 3.63) is 29.3 Å². The Morgan fingerprint density at radius 3 is 2.63 bits per heavy atom.